The summed E-state index contributed by atoms with van der Waals surface area (Å²) in [5.74, 6) is 2.14. The lowest BCUT2D eigenvalue weighted by Gasteiger charge is -2.35. The van der Waals surface area contributed by atoms with Crippen LogP contribution in [0.25, 0.3) is 11.0 Å². The van der Waals surface area contributed by atoms with Gasteiger partial charge in [0.15, 0.2) is 6.29 Å². The van der Waals surface area contributed by atoms with Crippen LogP contribution in [0.15, 0.2) is 85.2 Å². The summed E-state index contributed by atoms with van der Waals surface area (Å²) in [7, 11) is 0. The number of H-pyrrole nitrogens is 1. The van der Waals surface area contributed by atoms with Crippen molar-refractivity contribution in [1.29, 1.82) is 0 Å². The van der Waals surface area contributed by atoms with Gasteiger partial charge in [-0.1, -0.05) is 42.5 Å². The molecule has 0 saturated carbocycles. The molecular formula is C29H28N8O. The first-order chi connectivity index (χ1) is 18.8. The van der Waals surface area contributed by atoms with E-state index in [9.17, 15) is 4.79 Å². The standard InChI is InChI=1S/C29H28N8O/c38-18-24-26(15-31-28(33-24)32-20-8-2-1-3-9-20)36-16-19-14-30-27(21(19)17-36)25-12-6-7-13-37(25)29-34-22-10-4-5-11-23(22)35-29/h1-13,15,18-19,21,25,27,30H,14,16-17H2,(H,34,35)(H,31,32,33). The van der Waals surface area contributed by atoms with Gasteiger partial charge in [-0.2, -0.15) is 0 Å². The zero-order valence-corrected chi connectivity index (χ0v) is 20.7. The van der Waals surface area contributed by atoms with Crippen molar-refractivity contribution in [3.8, 4) is 0 Å². The van der Waals surface area contributed by atoms with Crippen LogP contribution in [0.4, 0.5) is 23.3 Å². The van der Waals surface area contributed by atoms with Crippen molar-refractivity contribution in [3.63, 3.8) is 0 Å². The number of aldehydes is 1. The normalized spacial score (nSPS) is 24.2. The Bertz CT molecular complexity index is 1500. The molecule has 2 fully saturated rings. The zero-order chi connectivity index (χ0) is 25.5. The number of anilines is 4. The molecule has 0 aliphatic carbocycles. The highest BCUT2D eigenvalue weighted by atomic mass is 16.1. The fourth-order valence-electron chi connectivity index (χ4n) is 6.04. The summed E-state index contributed by atoms with van der Waals surface area (Å²) < 4.78 is 0. The first-order valence-electron chi connectivity index (χ1n) is 13.0. The minimum atomic E-state index is 0.120. The number of para-hydroxylation sites is 3. The number of imidazole rings is 1. The van der Waals surface area contributed by atoms with Crippen LogP contribution in [0.5, 0.6) is 0 Å². The van der Waals surface area contributed by atoms with E-state index in [4.69, 9.17) is 4.98 Å². The Kier molecular flexibility index (Phi) is 5.62. The third-order valence-electron chi connectivity index (χ3n) is 7.83. The van der Waals surface area contributed by atoms with Crippen molar-refractivity contribution >= 4 is 40.6 Å². The van der Waals surface area contributed by atoms with Gasteiger partial charge in [-0.25, -0.2) is 15.0 Å². The molecule has 3 aliphatic rings. The second-order valence-electron chi connectivity index (χ2n) is 10.0. The van der Waals surface area contributed by atoms with Crippen LogP contribution in [-0.4, -0.2) is 57.9 Å². The molecule has 3 aliphatic heterocycles. The van der Waals surface area contributed by atoms with Crippen molar-refractivity contribution < 1.29 is 4.79 Å². The number of allylic oxidation sites excluding steroid dienone is 2. The topological polar surface area (TPSA) is 102 Å². The summed E-state index contributed by atoms with van der Waals surface area (Å²) >= 11 is 0. The fourth-order valence-corrected chi connectivity index (χ4v) is 6.04. The van der Waals surface area contributed by atoms with Crippen LogP contribution >= 0.6 is 0 Å². The molecule has 2 aromatic carbocycles. The summed E-state index contributed by atoms with van der Waals surface area (Å²) in [4.78, 5) is 33.9. The molecule has 9 heteroatoms. The van der Waals surface area contributed by atoms with Crippen LogP contribution in [0.1, 0.15) is 10.5 Å². The number of nitrogens with zero attached hydrogens (tertiary/aromatic N) is 5. The zero-order valence-electron chi connectivity index (χ0n) is 20.7. The minimum Gasteiger partial charge on any atom is -0.368 e. The molecule has 190 valence electrons. The molecule has 9 nitrogen and oxygen atoms in total. The highest BCUT2D eigenvalue weighted by Crippen LogP contribution is 2.38. The second-order valence-corrected chi connectivity index (χ2v) is 10.0. The monoisotopic (exact) mass is 504 g/mol. The van der Waals surface area contributed by atoms with Crippen LogP contribution in [0.3, 0.4) is 0 Å². The molecule has 0 spiro atoms. The van der Waals surface area contributed by atoms with Gasteiger partial charge in [0, 0.05) is 37.6 Å². The second kappa shape index (κ2) is 9.42. The maximum absolute atomic E-state index is 12.0. The van der Waals surface area contributed by atoms with E-state index in [2.05, 4.69) is 65.9 Å². The van der Waals surface area contributed by atoms with E-state index in [-0.39, 0.29) is 12.1 Å². The number of aromatic amines is 1. The predicted octanol–water partition coefficient (Wildman–Crippen LogP) is 3.89. The third-order valence-corrected chi connectivity index (χ3v) is 7.83. The highest BCUT2D eigenvalue weighted by molar-refractivity contribution is 5.82. The van der Waals surface area contributed by atoms with Gasteiger partial charge in [-0.15, -0.1) is 0 Å². The number of hydrogen-bond donors (Lipinski definition) is 3. The Morgan fingerprint density at radius 1 is 1.00 bits per heavy atom. The number of carbonyl (C=O) groups excluding carboxylic acids is 1. The Morgan fingerprint density at radius 2 is 1.87 bits per heavy atom. The average molecular weight is 505 g/mol. The molecule has 0 bridgehead atoms. The number of nitrogens with one attached hydrogen (secondary N) is 3. The van der Waals surface area contributed by atoms with Crippen LogP contribution in [0, 0.1) is 11.8 Å². The van der Waals surface area contributed by atoms with Crippen molar-refractivity contribution in [2.75, 3.05) is 34.8 Å². The van der Waals surface area contributed by atoms with Gasteiger partial charge in [0.25, 0.3) is 0 Å². The number of carbonyl (C=O) groups is 1. The van der Waals surface area contributed by atoms with Crippen LogP contribution < -0.4 is 20.4 Å². The molecule has 2 saturated heterocycles. The van der Waals surface area contributed by atoms with E-state index >= 15 is 0 Å². The summed E-state index contributed by atoms with van der Waals surface area (Å²) in [6.45, 7) is 2.62. The van der Waals surface area contributed by atoms with Gasteiger partial charge in [-0.3, -0.25) is 4.79 Å². The first-order valence-corrected chi connectivity index (χ1v) is 13.0. The molecule has 0 radical (unpaired) electrons. The number of benzene rings is 2. The average Bonchev–Trinajstić information content (AvgIpc) is 3.68. The Morgan fingerprint density at radius 3 is 2.74 bits per heavy atom. The van der Waals surface area contributed by atoms with E-state index in [0.29, 0.717) is 23.5 Å². The molecule has 38 heavy (non-hydrogen) atoms. The lowest BCUT2D eigenvalue weighted by Crippen LogP contribution is -2.49. The van der Waals surface area contributed by atoms with E-state index in [1.54, 1.807) is 6.20 Å². The van der Waals surface area contributed by atoms with Crippen molar-refractivity contribution in [3.05, 3.63) is 90.9 Å². The maximum atomic E-state index is 12.0. The molecule has 5 heterocycles. The van der Waals surface area contributed by atoms with E-state index in [1.165, 1.54) is 0 Å². The molecule has 4 aromatic rings. The summed E-state index contributed by atoms with van der Waals surface area (Å²) in [5, 5.41) is 6.97. The van der Waals surface area contributed by atoms with E-state index < -0.39 is 0 Å². The summed E-state index contributed by atoms with van der Waals surface area (Å²) in [5.41, 5.74) is 4.07. The van der Waals surface area contributed by atoms with Gasteiger partial charge >= 0.3 is 0 Å². The maximum Gasteiger partial charge on any atom is 0.227 e. The fraction of sp³-hybridized carbons (Fsp3) is 0.241. The summed E-state index contributed by atoms with van der Waals surface area (Å²) in [6, 6.07) is 18.2. The Hall–Kier alpha value is -4.50. The first kappa shape index (κ1) is 22.7. The SMILES string of the molecule is O=Cc1nc(Nc2ccccc2)ncc1N1CC2CNC(C3C=CC=CN3c3nc4ccccc4[nH]3)C2C1. The highest BCUT2D eigenvalue weighted by Gasteiger charge is 2.47. The molecular weight excluding hydrogens is 476 g/mol. The summed E-state index contributed by atoms with van der Waals surface area (Å²) in [6.07, 6.45) is 11.1. The van der Waals surface area contributed by atoms with E-state index in [0.717, 1.165) is 54.3 Å². The largest absolute Gasteiger partial charge is 0.368 e. The van der Waals surface area contributed by atoms with Gasteiger partial charge in [0.1, 0.15) is 5.69 Å². The van der Waals surface area contributed by atoms with Crippen LogP contribution in [0.2, 0.25) is 0 Å². The number of aromatic nitrogens is 4. The molecule has 7 rings (SSSR count). The molecule has 3 N–H and O–H groups in total. The lowest BCUT2D eigenvalue weighted by molar-refractivity contribution is 0.111. The molecule has 2 aromatic heterocycles. The smallest absolute Gasteiger partial charge is 0.227 e. The molecule has 0 amide bonds. The third kappa shape index (κ3) is 4.01. The Balaban J connectivity index is 1.11. The van der Waals surface area contributed by atoms with Crippen LogP contribution in [-0.2, 0) is 0 Å². The predicted molar refractivity (Wildman–Crippen MR) is 149 cm³/mol. The Labute approximate surface area is 220 Å². The number of hydrogen-bond acceptors (Lipinski definition) is 8. The van der Waals surface area contributed by atoms with Gasteiger partial charge in [0.05, 0.1) is 29.0 Å². The lowest BCUT2D eigenvalue weighted by atomic mass is 9.88. The van der Waals surface area contributed by atoms with Gasteiger partial charge in [0.2, 0.25) is 11.9 Å². The molecule has 4 atom stereocenters. The van der Waals surface area contributed by atoms with Crippen molar-refractivity contribution in [1.82, 2.24) is 25.3 Å². The quantitative estimate of drug-likeness (QED) is 0.340. The van der Waals surface area contributed by atoms with Gasteiger partial charge in [-0.05, 0) is 42.2 Å². The van der Waals surface area contributed by atoms with Crippen molar-refractivity contribution in [2.45, 2.75) is 12.1 Å². The van der Waals surface area contributed by atoms with Crippen molar-refractivity contribution in [2.24, 2.45) is 11.8 Å². The molecule has 4 unspecified atom stereocenters. The van der Waals surface area contributed by atoms with Gasteiger partial charge < -0.3 is 25.4 Å². The van der Waals surface area contributed by atoms with E-state index in [1.807, 2.05) is 48.5 Å². The number of fused-ring (bicyclic) bond motifs is 2. The number of rotatable bonds is 6. The minimum absolute atomic E-state index is 0.120.